The minimum atomic E-state index is -0.281. The van der Waals surface area contributed by atoms with Gasteiger partial charge in [-0.1, -0.05) is 60.7 Å². The maximum absolute atomic E-state index is 9.96. The van der Waals surface area contributed by atoms with Crippen LogP contribution >= 0.6 is 11.8 Å². The third-order valence-electron chi connectivity index (χ3n) is 3.36. The van der Waals surface area contributed by atoms with E-state index in [4.69, 9.17) is 4.74 Å². The molecular weight excluding hydrogens is 304 g/mol. The lowest BCUT2D eigenvalue weighted by atomic mass is 10.2. The Morgan fingerprint density at radius 2 is 1.65 bits per heavy atom. The molecule has 0 radical (unpaired) electrons. The number of hydrogen-bond donors (Lipinski definition) is 1. The van der Waals surface area contributed by atoms with E-state index in [0.717, 1.165) is 12.2 Å². The fraction of sp³-hybridized carbons (Fsp3) is 0.300. The molecule has 0 aliphatic heterocycles. The van der Waals surface area contributed by atoms with Crippen molar-refractivity contribution >= 4 is 11.8 Å². The van der Waals surface area contributed by atoms with Crippen LogP contribution in [0.25, 0.3) is 0 Å². The molecule has 2 aromatic carbocycles. The first-order valence-electron chi connectivity index (χ1n) is 7.97. The lowest BCUT2D eigenvalue weighted by molar-refractivity contribution is 0.147. The van der Waals surface area contributed by atoms with E-state index in [2.05, 4.69) is 24.3 Å². The molecule has 2 rings (SSSR count). The van der Waals surface area contributed by atoms with Crippen molar-refractivity contribution < 1.29 is 9.84 Å². The fourth-order valence-corrected chi connectivity index (χ4v) is 3.06. The van der Waals surface area contributed by atoms with E-state index in [1.165, 1.54) is 10.5 Å². The Balaban J connectivity index is 1.51. The average molecular weight is 328 g/mol. The van der Waals surface area contributed by atoms with Gasteiger partial charge in [0.15, 0.2) is 0 Å². The molecule has 23 heavy (non-hydrogen) atoms. The van der Waals surface area contributed by atoms with Gasteiger partial charge in [-0.25, -0.2) is 0 Å². The summed E-state index contributed by atoms with van der Waals surface area (Å²) in [7, 11) is 0. The predicted octanol–water partition coefficient (Wildman–Crippen LogP) is 4.69. The Bertz CT molecular complexity index is 554. The first kappa shape index (κ1) is 17.8. The van der Waals surface area contributed by atoms with Crippen molar-refractivity contribution in [1.82, 2.24) is 0 Å². The number of benzene rings is 2. The summed E-state index contributed by atoms with van der Waals surface area (Å²) in [4.78, 5) is 1.25. The molecule has 0 spiro atoms. The third kappa shape index (κ3) is 8.03. The van der Waals surface area contributed by atoms with Crippen molar-refractivity contribution in [3.63, 3.8) is 0 Å². The van der Waals surface area contributed by atoms with Crippen molar-refractivity contribution in [3.8, 4) is 0 Å². The monoisotopic (exact) mass is 328 g/mol. The predicted molar refractivity (Wildman–Crippen MR) is 97.6 cm³/mol. The van der Waals surface area contributed by atoms with Gasteiger partial charge >= 0.3 is 0 Å². The molecule has 3 heteroatoms. The van der Waals surface area contributed by atoms with Crippen LogP contribution in [0, 0.1) is 0 Å². The second-order valence-corrected chi connectivity index (χ2v) is 6.48. The van der Waals surface area contributed by atoms with Crippen LogP contribution in [0.15, 0.2) is 77.7 Å². The van der Waals surface area contributed by atoms with Crippen LogP contribution in [-0.4, -0.2) is 23.6 Å². The normalized spacial score (nSPS) is 12.6. The smallest absolute Gasteiger partial charge is 0.0721 e. The highest BCUT2D eigenvalue weighted by Gasteiger charge is 2.02. The lowest BCUT2D eigenvalue weighted by Gasteiger charge is -2.07. The second kappa shape index (κ2) is 11.1. The molecule has 0 saturated carbocycles. The van der Waals surface area contributed by atoms with Gasteiger partial charge < -0.3 is 9.84 Å². The van der Waals surface area contributed by atoms with Gasteiger partial charge in [-0.3, -0.25) is 0 Å². The van der Waals surface area contributed by atoms with Crippen LogP contribution in [0.5, 0.6) is 0 Å². The quantitative estimate of drug-likeness (QED) is 0.390. The number of thioether (sulfide) groups is 1. The number of aliphatic hydroxyl groups is 1. The van der Waals surface area contributed by atoms with E-state index in [-0.39, 0.29) is 6.10 Å². The maximum atomic E-state index is 9.96. The van der Waals surface area contributed by atoms with Crippen molar-refractivity contribution in [1.29, 1.82) is 0 Å². The van der Waals surface area contributed by atoms with Crippen molar-refractivity contribution in [3.05, 3.63) is 78.4 Å². The van der Waals surface area contributed by atoms with Gasteiger partial charge in [0.25, 0.3) is 0 Å². The fourth-order valence-electron chi connectivity index (χ4n) is 2.09. The van der Waals surface area contributed by atoms with E-state index < -0.39 is 0 Å². The Hall–Kier alpha value is -1.55. The van der Waals surface area contributed by atoms with Gasteiger partial charge in [0.1, 0.15) is 0 Å². The summed E-state index contributed by atoms with van der Waals surface area (Å²) in [6.07, 6.45) is 5.19. The van der Waals surface area contributed by atoms with Crippen LogP contribution in [-0.2, 0) is 11.3 Å². The van der Waals surface area contributed by atoms with Gasteiger partial charge in [0.05, 0.1) is 19.3 Å². The molecule has 1 atom stereocenters. The maximum Gasteiger partial charge on any atom is 0.0721 e. The first-order chi connectivity index (χ1) is 11.3. The van der Waals surface area contributed by atoms with E-state index in [0.29, 0.717) is 19.6 Å². The highest BCUT2D eigenvalue weighted by atomic mass is 32.2. The molecule has 0 aliphatic carbocycles. The van der Waals surface area contributed by atoms with Crippen molar-refractivity contribution in [2.24, 2.45) is 0 Å². The molecule has 0 aromatic heterocycles. The van der Waals surface area contributed by atoms with E-state index in [1.54, 1.807) is 11.8 Å². The molecular formula is C20H24O2S. The zero-order valence-electron chi connectivity index (χ0n) is 13.3. The first-order valence-corrected chi connectivity index (χ1v) is 8.96. The molecule has 122 valence electrons. The molecule has 0 fully saturated rings. The minimum absolute atomic E-state index is 0.281. The van der Waals surface area contributed by atoms with Gasteiger partial charge in [-0.05, 0) is 30.5 Å². The molecule has 0 saturated heterocycles. The van der Waals surface area contributed by atoms with Crippen LogP contribution < -0.4 is 0 Å². The Kier molecular flexibility index (Phi) is 8.56. The zero-order chi connectivity index (χ0) is 16.2. The van der Waals surface area contributed by atoms with Gasteiger partial charge in [0, 0.05) is 10.6 Å². The summed E-state index contributed by atoms with van der Waals surface area (Å²) in [5.41, 5.74) is 1.18. The third-order valence-corrected chi connectivity index (χ3v) is 4.41. The van der Waals surface area contributed by atoms with Gasteiger partial charge in [0.2, 0.25) is 0 Å². The van der Waals surface area contributed by atoms with E-state index in [1.807, 2.05) is 48.6 Å². The largest absolute Gasteiger partial charge is 0.393 e. The molecule has 2 aromatic rings. The summed E-state index contributed by atoms with van der Waals surface area (Å²) in [6, 6.07) is 20.4. The second-order valence-electron chi connectivity index (χ2n) is 5.31. The lowest BCUT2D eigenvalue weighted by Crippen LogP contribution is -2.06. The summed E-state index contributed by atoms with van der Waals surface area (Å²) in [5.74, 6) is 0.934. The van der Waals surface area contributed by atoms with Crippen molar-refractivity contribution in [2.75, 3.05) is 12.4 Å². The summed E-state index contributed by atoms with van der Waals surface area (Å²) in [5, 5.41) is 9.96. The number of rotatable bonds is 10. The average Bonchev–Trinajstić information content (AvgIpc) is 2.60. The van der Waals surface area contributed by atoms with Gasteiger partial charge in [-0.15, -0.1) is 11.8 Å². The number of hydrogen-bond acceptors (Lipinski definition) is 3. The van der Waals surface area contributed by atoms with Crippen LogP contribution in [0.4, 0.5) is 0 Å². The summed E-state index contributed by atoms with van der Waals surface area (Å²) >= 11 is 1.78. The Morgan fingerprint density at radius 3 is 2.39 bits per heavy atom. The van der Waals surface area contributed by atoms with E-state index in [9.17, 15) is 5.11 Å². The SMILES string of the molecule is O[C@H](C/C=C/COCc1ccccc1)CCSc1ccccc1. The number of aliphatic hydroxyl groups excluding tert-OH is 1. The topological polar surface area (TPSA) is 29.5 Å². The molecule has 0 bridgehead atoms. The standard InChI is InChI=1S/C20H24O2S/c21-19(14-16-23-20-12-5-2-6-13-20)11-7-8-15-22-17-18-9-3-1-4-10-18/h1-10,12-13,19,21H,11,14-17H2/b8-7+/t19-/m1/s1. The van der Waals surface area contributed by atoms with Crippen LogP contribution in [0.3, 0.4) is 0 Å². The summed E-state index contributed by atoms with van der Waals surface area (Å²) < 4.78 is 5.57. The Morgan fingerprint density at radius 1 is 0.957 bits per heavy atom. The summed E-state index contributed by atoms with van der Waals surface area (Å²) in [6.45, 7) is 1.21. The molecule has 0 unspecified atom stereocenters. The molecule has 0 heterocycles. The highest BCUT2D eigenvalue weighted by Crippen LogP contribution is 2.19. The zero-order valence-corrected chi connectivity index (χ0v) is 14.1. The minimum Gasteiger partial charge on any atom is -0.393 e. The Labute approximate surface area is 143 Å². The van der Waals surface area contributed by atoms with Crippen LogP contribution in [0.2, 0.25) is 0 Å². The highest BCUT2D eigenvalue weighted by molar-refractivity contribution is 7.99. The molecule has 0 aliphatic rings. The molecule has 2 nitrogen and oxygen atoms in total. The van der Waals surface area contributed by atoms with Gasteiger partial charge in [-0.2, -0.15) is 0 Å². The van der Waals surface area contributed by atoms with Crippen LogP contribution in [0.1, 0.15) is 18.4 Å². The molecule has 0 amide bonds. The van der Waals surface area contributed by atoms with Crippen molar-refractivity contribution in [2.45, 2.75) is 30.4 Å². The number of ether oxygens (including phenoxy) is 1. The molecule has 1 N–H and O–H groups in total. The van der Waals surface area contributed by atoms with E-state index >= 15 is 0 Å².